The van der Waals surface area contributed by atoms with Gasteiger partial charge < -0.3 is 20.5 Å². The number of nitrogens with one attached hydrogen (secondary N) is 3. The monoisotopic (exact) mass is 344 g/mol. The maximum Gasteiger partial charge on any atom is 0.259 e. The minimum atomic E-state index is 0.0118. The summed E-state index contributed by atoms with van der Waals surface area (Å²) in [6, 6.07) is 2.19. The van der Waals surface area contributed by atoms with Gasteiger partial charge >= 0.3 is 0 Å². The van der Waals surface area contributed by atoms with Crippen molar-refractivity contribution >= 4 is 34.5 Å². The van der Waals surface area contributed by atoms with E-state index in [1.165, 1.54) is 0 Å². The molecule has 0 aromatic carbocycles. The van der Waals surface area contributed by atoms with Crippen LogP contribution in [0.15, 0.2) is 29.7 Å². The van der Waals surface area contributed by atoms with Gasteiger partial charge in [0.2, 0.25) is 0 Å². The van der Waals surface area contributed by atoms with Crippen molar-refractivity contribution in [2.24, 2.45) is 0 Å². The molecule has 1 amide bonds. The number of hydrogen-bond acceptors (Lipinski definition) is 6. The lowest BCUT2D eigenvalue weighted by Crippen LogP contribution is -2.46. The van der Waals surface area contributed by atoms with Gasteiger partial charge in [0.05, 0.1) is 10.3 Å². The summed E-state index contributed by atoms with van der Waals surface area (Å²) >= 11 is 1.60. The Morgan fingerprint density at radius 2 is 2.38 bits per heavy atom. The fourth-order valence-corrected chi connectivity index (χ4v) is 4.01. The van der Waals surface area contributed by atoms with Crippen LogP contribution in [0.3, 0.4) is 0 Å². The highest BCUT2D eigenvalue weighted by molar-refractivity contribution is 8.04. The van der Waals surface area contributed by atoms with E-state index in [1.54, 1.807) is 18.1 Å². The van der Waals surface area contributed by atoms with E-state index in [4.69, 9.17) is 0 Å². The van der Waals surface area contributed by atoms with E-state index >= 15 is 0 Å². The largest absolute Gasteiger partial charge is 0.348 e. The average Bonchev–Trinajstić information content (AvgIpc) is 3.11. The number of carbonyl (C=O) groups is 1. The Morgan fingerprint density at radius 3 is 3.25 bits per heavy atom. The molecule has 4 rings (SSSR count). The molecule has 0 bridgehead atoms. The number of carbonyl (C=O) groups excluding carboxylic acids is 1. The lowest BCUT2D eigenvalue weighted by Gasteiger charge is -2.28. The predicted octanol–water partition coefficient (Wildman–Crippen LogP) is 1.22. The molecule has 1 atom stereocenters. The Kier molecular flexibility index (Phi) is 4.40. The van der Waals surface area contributed by atoms with E-state index in [1.807, 2.05) is 23.4 Å². The van der Waals surface area contributed by atoms with Crippen molar-refractivity contribution in [1.82, 2.24) is 25.6 Å². The predicted molar refractivity (Wildman–Crippen MR) is 95.8 cm³/mol. The number of thioether (sulfide) groups is 1. The maximum absolute atomic E-state index is 12.6. The van der Waals surface area contributed by atoms with Gasteiger partial charge in [-0.15, -0.1) is 11.8 Å². The molecule has 1 fully saturated rings. The first kappa shape index (κ1) is 15.5. The Morgan fingerprint density at radius 1 is 1.42 bits per heavy atom. The first-order valence-electron chi connectivity index (χ1n) is 8.22. The van der Waals surface area contributed by atoms with Gasteiger partial charge in [0.1, 0.15) is 17.8 Å². The lowest BCUT2D eigenvalue weighted by molar-refractivity contribution is -0.117. The molecule has 1 saturated heterocycles. The van der Waals surface area contributed by atoms with E-state index in [0.29, 0.717) is 0 Å². The van der Waals surface area contributed by atoms with Crippen molar-refractivity contribution in [1.29, 1.82) is 0 Å². The minimum Gasteiger partial charge on any atom is -0.348 e. The highest BCUT2D eigenvalue weighted by Crippen LogP contribution is 2.29. The number of anilines is 1. The van der Waals surface area contributed by atoms with Crippen molar-refractivity contribution in [2.75, 3.05) is 30.3 Å². The zero-order valence-electron chi connectivity index (χ0n) is 13.3. The van der Waals surface area contributed by atoms with Gasteiger partial charge in [-0.2, -0.15) is 0 Å². The standard InChI is InChI=1S/C16H20N6OS/c23-16(21-11-2-1-4-17-8-11)13-9-22(6-7-24-13)15-12-3-5-18-14(12)19-10-20-15/h3,5,9-11,17H,1-2,4,6-8H2,(H,21,23)(H,18,19,20). The fraction of sp³-hybridized carbons (Fsp3) is 0.438. The van der Waals surface area contributed by atoms with E-state index in [2.05, 4.69) is 25.6 Å². The summed E-state index contributed by atoms with van der Waals surface area (Å²) in [4.78, 5) is 27.1. The number of hydrogen-bond donors (Lipinski definition) is 3. The molecule has 24 heavy (non-hydrogen) atoms. The number of fused-ring (bicyclic) bond motifs is 1. The Labute approximate surface area is 144 Å². The van der Waals surface area contributed by atoms with Crippen LogP contribution in [0, 0.1) is 0 Å². The van der Waals surface area contributed by atoms with Crippen LogP contribution in [-0.2, 0) is 4.79 Å². The Bertz CT molecular complexity index is 767. The third-order valence-electron chi connectivity index (χ3n) is 4.32. The SMILES string of the molecule is O=C(NC1CCCNC1)C1=CN(c2ncnc3[nH]ccc23)CCS1. The van der Waals surface area contributed by atoms with Crippen LogP contribution in [-0.4, -0.2) is 52.3 Å². The van der Waals surface area contributed by atoms with Crippen molar-refractivity contribution in [3.05, 3.63) is 29.7 Å². The number of rotatable bonds is 3. The molecule has 126 valence electrons. The normalized spacial score (nSPS) is 21.6. The molecule has 0 radical (unpaired) electrons. The van der Waals surface area contributed by atoms with Gasteiger partial charge in [0.25, 0.3) is 5.91 Å². The van der Waals surface area contributed by atoms with Gasteiger partial charge in [-0.25, -0.2) is 9.97 Å². The third-order valence-corrected chi connectivity index (χ3v) is 5.31. The number of aromatic nitrogens is 3. The lowest BCUT2D eigenvalue weighted by atomic mass is 10.1. The molecule has 4 heterocycles. The first-order chi connectivity index (χ1) is 11.8. The van der Waals surface area contributed by atoms with Gasteiger partial charge in [-0.1, -0.05) is 0 Å². The van der Waals surface area contributed by atoms with Crippen LogP contribution < -0.4 is 15.5 Å². The van der Waals surface area contributed by atoms with E-state index < -0.39 is 0 Å². The Hall–Kier alpha value is -2.06. The molecule has 0 saturated carbocycles. The van der Waals surface area contributed by atoms with Crippen molar-refractivity contribution in [2.45, 2.75) is 18.9 Å². The molecule has 2 aliphatic rings. The smallest absolute Gasteiger partial charge is 0.259 e. The van der Waals surface area contributed by atoms with Crippen molar-refractivity contribution < 1.29 is 4.79 Å². The second-order valence-electron chi connectivity index (χ2n) is 5.99. The molecule has 0 spiro atoms. The zero-order chi connectivity index (χ0) is 16.4. The minimum absolute atomic E-state index is 0.0118. The number of amides is 1. The second kappa shape index (κ2) is 6.82. The summed E-state index contributed by atoms with van der Waals surface area (Å²) in [7, 11) is 0. The van der Waals surface area contributed by atoms with Crippen LogP contribution in [0.4, 0.5) is 5.82 Å². The molecule has 7 nitrogen and oxygen atoms in total. The highest BCUT2D eigenvalue weighted by atomic mass is 32.2. The average molecular weight is 344 g/mol. The Balaban J connectivity index is 1.54. The van der Waals surface area contributed by atoms with Crippen molar-refractivity contribution in [3.8, 4) is 0 Å². The van der Waals surface area contributed by atoms with Gasteiger partial charge in [0, 0.05) is 37.3 Å². The molecular formula is C16H20N6OS. The summed E-state index contributed by atoms with van der Waals surface area (Å²) in [5, 5.41) is 7.43. The fourth-order valence-electron chi connectivity index (χ4n) is 3.11. The summed E-state index contributed by atoms with van der Waals surface area (Å²) in [6.07, 6.45) is 7.46. The van der Waals surface area contributed by atoms with Crippen molar-refractivity contribution in [3.63, 3.8) is 0 Å². The zero-order valence-corrected chi connectivity index (χ0v) is 14.1. The molecule has 0 aliphatic carbocycles. The summed E-state index contributed by atoms with van der Waals surface area (Å²) in [6.45, 7) is 2.71. The number of nitrogens with zero attached hydrogens (tertiary/aromatic N) is 3. The quantitative estimate of drug-likeness (QED) is 0.776. The summed E-state index contributed by atoms with van der Waals surface area (Å²) in [5.74, 6) is 1.71. The third kappa shape index (κ3) is 3.11. The number of aromatic amines is 1. The van der Waals surface area contributed by atoms with Crippen LogP contribution in [0.5, 0.6) is 0 Å². The molecule has 3 N–H and O–H groups in total. The van der Waals surface area contributed by atoms with Crippen LogP contribution in [0.1, 0.15) is 12.8 Å². The van der Waals surface area contributed by atoms with E-state index in [0.717, 1.165) is 60.0 Å². The van der Waals surface area contributed by atoms with Crippen LogP contribution in [0.2, 0.25) is 0 Å². The molecule has 2 aromatic rings. The number of piperidine rings is 1. The maximum atomic E-state index is 12.6. The van der Waals surface area contributed by atoms with Gasteiger partial charge in [0.15, 0.2) is 0 Å². The molecule has 1 unspecified atom stereocenters. The van der Waals surface area contributed by atoms with E-state index in [9.17, 15) is 4.79 Å². The molecule has 2 aliphatic heterocycles. The van der Waals surface area contributed by atoms with Crippen LogP contribution in [0.25, 0.3) is 11.0 Å². The molecule has 2 aromatic heterocycles. The number of H-pyrrole nitrogens is 1. The second-order valence-corrected chi connectivity index (χ2v) is 7.13. The van der Waals surface area contributed by atoms with Gasteiger partial charge in [-0.05, 0) is 25.5 Å². The molecule has 8 heteroatoms. The van der Waals surface area contributed by atoms with Gasteiger partial charge in [-0.3, -0.25) is 4.79 Å². The molecular weight excluding hydrogens is 324 g/mol. The van der Waals surface area contributed by atoms with Crippen LogP contribution >= 0.6 is 11.8 Å². The summed E-state index contributed by atoms with van der Waals surface area (Å²) in [5.41, 5.74) is 0.811. The highest BCUT2D eigenvalue weighted by Gasteiger charge is 2.23. The summed E-state index contributed by atoms with van der Waals surface area (Å²) < 4.78 is 0. The topological polar surface area (TPSA) is 85.9 Å². The van der Waals surface area contributed by atoms with E-state index in [-0.39, 0.29) is 11.9 Å². The first-order valence-corrected chi connectivity index (χ1v) is 9.21.